The molecule has 114 valence electrons. The van der Waals surface area contributed by atoms with Gasteiger partial charge < -0.3 is 14.8 Å². The minimum absolute atomic E-state index is 0.131. The first-order chi connectivity index (χ1) is 10.1. The number of alkyl carbamates (subject to hydrolysis) is 1. The lowest BCUT2D eigenvalue weighted by Gasteiger charge is -2.16. The summed E-state index contributed by atoms with van der Waals surface area (Å²) in [7, 11) is 2.74. The van der Waals surface area contributed by atoms with Crippen LogP contribution in [0.25, 0.3) is 0 Å². The summed E-state index contributed by atoms with van der Waals surface area (Å²) in [5.74, 6) is -0.329. The molecule has 1 heterocycles. The van der Waals surface area contributed by atoms with Gasteiger partial charge in [0.05, 0.1) is 19.8 Å². The van der Waals surface area contributed by atoms with Crippen molar-refractivity contribution in [1.82, 2.24) is 10.2 Å². The Balaban J connectivity index is 1.85. The Morgan fingerprint density at radius 3 is 2.57 bits per heavy atom. The fourth-order valence-electron chi connectivity index (χ4n) is 2.44. The maximum atomic E-state index is 11.4. The van der Waals surface area contributed by atoms with E-state index >= 15 is 0 Å². The Bertz CT molecular complexity index is 501. The van der Waals surface area contributed by atoms with Crippen molar-refractivity contribution in [2.24, 2.45) is 0 Å². The number of likely N-dealkylation sites (tertiary alicyclic amines) is 1. The SMILES string of the molecule is COC(=O)NC1CCN(Cc2ccc(C(=O)OC)cc2)C1. The van der Waals surface area contributed by atoms with Gasteiger partial charge in [0.1, 0.15) is 0 Å². The van der Waals surface area contributed by atoms with Crippen molar-refractivity contribution in [2.75, 3.05) is 27.3 Å². The summed E-state index contributed by atoms with van der Waals surface area (Å²) in [5.41, 5.74) is 1.68. The number of nitrogens with one attached hydrogen (secondary N) is 1. The lowest BCUT2D eigenvalue weighted by Crippen LogP contribution is -2.36. The quantitative estimate of drug-likeness (QED) is 0.850. The third-order valence-electron chi connectivity index (χ3n) is 3.56. The molecule has 1 saturated heterocycles. The van der Waals surface area contributed by atoms with E-state index in [1.807, 2.05) is 12.1 Å². The fourth-order valence-corrected chi connectivity index (χ4v) is 2.44. The lowest BCUT2D eigenvalue weighted by atomic mass is 10.1. The highest BCUT2D eigenvalue weighted by Gasteiger charge is 2.24. The number of benzene rings is 1. The van der Waals surface area contributed by atoms with Gasteiger partial charge in [-0.3, -0.25) is 4.90 Å². The molecule has 0 saturated carbocycles. The summed E-state index contributed by atoms with van der Waals surface area (Å²) in [4.78, 5) is 24.8. The normalized spacial score (nSPS) is 18.3. The van der Waals surface area contributed by atoms with Crippen LogP contribution in [0.4, 0.5) is 4.79 Å². The number of ether oxygens (including phenoxy) is 2. The number of carbonyl (C=O) groups excluding carboxylic acids is 2. The van der Waals surface area contributed by atoms with Gasteiger partial charge in [-0.05, 0) is 24.1 Å². The van der Waals surface area contributed by atoms with Crippen LogP contribution in [0.1, 0.15) is 22.3 Å². The van der Waals surface area contributed by atoms with Crippen LogP contribution >= 0.6 is 0 Å². The van der Waals surface area contributed by atoms with E-state index in [4.69, 9.17) is 0 Å². The van der Waals surface area contributed by atoms with Crippen LogP contribution < -0.4 is 5.32 Å². The van der Waals surface area contributed by atoms with Gasteiger partial charge in [-0.15, -0.1) is 0 Å². The van der Waals surface area contributed by atoms with Crippen molar-refractivity contribution in [3.63, 3.8) is 0 Å². The molecule has 1 atom stereocenters. The molecule has 21 heavy (non-hydrogen) atoms. The molecular weight excluding hydrogens is 272 g/mol. The molecule has 0 spiro atoms. The number of nitrogens with zero attached hydrogens (tertiary/aromatic N) is 1. The van der Waals surface area contributed by atoms with Gasteiger partial charge in [-0.2, -0.15) is 0 Å². The third-order valence-corrected chi connectivity index (χ3v) is 3.56. The number of methoxy groups -OCH3 is 2. The van der Waals surface area contributed by atoms with Crippen molar-refractivity contribution >= 4 is 12.1 Å². The molecule has 0 radical (unpaired) electrons. The van der Waals surface area contributed by atoms with Crippen LogP contribution in [0.3, 0.4) is 0 Å². The van der Waals surface area contributed by atoms with Crippen LogP contribution in [-0.4, -0.2) is 50.3 Å². The van der Waals surface area contributed by atoms with Gasteiger partial charge in [0.15, 0.2) is 0 Å². The van der Waals surface area contributed by atoms with E-state index in [-0.39, 0.29) is 18.1 Å². The molecule has 2 rings (SSSR count). The highest BCUT2D eigenvalue weighted by molar-refractivity contribution is 5.89. The van der Waals surface area contributed by atoms with Crippen LogP contribution in [0.2, 0.25) is 0 Å². The Kier molecular flexibility index (Phi) is 5.16. The van der Waals surface area contributed by atoms with Gasteiger partial charge in [-0.25, -0.2) is 9.59 Å². The summed E-state index contributed by atoms with van der Waals surface area (Å²) in [5, 5.41) is 2.81. The van der Waals surface area contributed by atoms with E-state index in [2.05, 4.69) is 19.7 Å². The topological polar surface area (TPSA) is 67.9 Å². The molecule has 1 fully saturated rings. The molecule has 1 aliphatic rings. The maximum absolute atomic E-state index is 11.4. The Morgan fingerprint density at radius 1 is 1.24 bits per heavy atom. The summed E-state index contributed by atoms with van der Waals surface area (Å²) >= 11 is 0. The highest BCUT2D eigenvalue weighted by atomic mass is 16.5. The Morgan fingerprint density at radius 2 is 1.95 bits per heavy atom. The number of esters is 1. The second kappa shape index (κ2) is 7.08. The molecule has 1 N–H and O–H groups in total. The summed E-state index contributed by atoms with van der Waals surface area (Å²) in [6, 6.07) is 7.51. The predicted octanol–water partition coefficient (Wildman–Crippen LogP) is 1.40. The molecular formula is C15H20N2O4. The zero-order chi connectivity index (χ0) is 15.2. The molecule has 6 heteroatoms. The molecule has 0 aromatic heterocycles. The largest absolute Gasteiger partial charge is 0.465 e. The van der Waals surface area contributed by atoms with Crippen LogP contribution in [0.5, 0.6) is 0 Å². The van der Waals surface area contributed by atoms with E-state index in [1.54, 1.807) is 12.1 Å². The molecule has 0 aliphatic carbocycles. The predicted molar refractivity (Wildman–Crippen MR) is 77.0 cm³/mol. The minimum Gasteiger partial charge on any atom is -0.465 e. The third kappa shape index (κ3) is 4.19. The van der Waals surface area contributed by atoms with Crippen molar-refractivity contribution in [2.45, 2.75) is 19.0 Å². The van der Waals surface area contributed by atoms with E-state index < -0.39 is 0 Å². The zero-order valence-electron chi connectivity index (χ0n) is 12.3. The Hall–Kier alpha value is -2.08. The van der Waals surface area contributed by atoms with E-state index in [9.17, 15) is 9.59 Å². The van der Waals surface area contributed by atoms with E-state index in [0.29, 0.717) is 5.56 Å². The smallest absolute Gasteiger partial charge is 0.407 e. The van der Waals surface area contributed by atoms with E-state index in [1.165, 1.54) is 14.2 Å². The number of rotatable bonds is 4. The standard InChI is InChI=1S/C15H20N2O4/c1-20-14(18)12-5-3-11(4-6-12)9-17-8-7-13(10-17)16-15(19)21-2/h3-6,13H,7-10H2,1-2H3,(H,16,19). The van der Waals surface area contributed by atoms with Gasteiger partial charge in [-0.1, -0.05) is 12.1 Å². The molecule has 1 aliphatic heterocycles. The van der Waals surface area contributed by atoms with Gasteiger partial charge in [0.2, 0.25) is 0 Å². The van der Waals surface area contributed by atoms with Crippen LogP contribution in [0.15, 0.2) is 24.3 Å². The van der Waals surface area contributed by atoms with Gasteiger partial charge >= 0.3 is 12.1 Å². The molecule has 1 aromatic carbocycles. The molecule has 6 nitrogen and oxygen atoms in total. The van der Waals surface area contributed by atoms with Crippen LogP contribution in [0, 0.1) is 0 Å². The molecule has 0 bridgehead atoms. The first-order valence-electron chi connectivity index (χ1n) is 6.86. The second-order valence-electron chi connectivity index (χ2n) is 5.05. The number of amides is 1. The maximum Gasteiger partial charge on any atom is 0.407 e. The van der Waals surface area contributed by atoms with Crippen molar-refractivity contribution in [1.29, 1.82) is 0 Å². The van der Waals surface area contributed by atoms with Crippen molar-refractivity contribution < 1.29 is 19.1 Å². The van der Waals surface area contributed by atoms with E-state index in [0.717, 1.165) is 31.6 Å². The molecule has 1 amide bonds. The molecule has 1 aromatic rings. The number of hydrogen-bond donors (Lipinski definition) is 1. The van der Waals surface area contributed by atoms with Gasteiger partial charge in [0.25, 0.3) is 0 Å². The lowest BCUT2D eigenvalue weighted by molar-refractivity contribution is 0.0600. The van der Waals surface area contributed by atoms with Crippen molar-refractivity contribution in [3.05, 3.63) is 35.4 Å². The Labute approximate surface area is 124 Å². The first-order valence-corrected chi connectivity index (χ1v) is 6.86. The number of hydrogen-bond acceptors (Lipinski definition) is 5. The summed E-state index contributed by atoms with van der Waals surface area (Å²) in [6.07, 6.45) is 0.527. The average Bonchev–Trinajstić information content (AvgIpc) is 2.94. The monoisotopic (exact) mass is 292 g/mol. The second-order valence-corrected chi connectivity index (χ2v) is 5.05. The fraction of sp³-hybridized carbons (Fsp3) is 0.467. The summed E-state index contributed by atoms with van der Waals surface area (Å²) < 4.78 is 9.27. The summed E-state index contributed by atoms with van der Waals surface area (Å²) in [6.45, 7) is 2.52. The number of carbonyl (C=O) groups is 2. The zero-order valence-corrected chi connectivity index (χ0v) is 12.3. The average molecular weight is 292 g/mol. The van der Waals surface area contributed by atoms with Crippen molar-refractivity contribution in [3.8, 4) is 0 Å². The minimum atomic E-state index is -0.385. The molecule has 1 unspecified atom stereocenters. The highest BCUT2D eigenvalue weighted by Crippen LogP contribution is 2.14. The van der Waals surface area contributed by atoms with Crippen LogP contribution in [-0.2, 0) is 16.0 Å². The van der Waals surface area contributed by atoms with Gasteiger partial charge in [0, 0.05) is 25.7 Å². The first kappa shape index (κ1) is 15.3.